The summed E-state index contributed by atoms with van der Waals surface area (Å²) in [6, 6.07) is 6.54. The summed E-state index contributed by atoms with van der Waals surface area (Å²) in [7, 11) is 0. The van der Waals surface area contributed by atoms with Gasteiger partial charge in [-0.2, -0.15) is 0 Å². The molecule has 0 bridgehead atoms. The zero-order valence-electron chi connectivity index (χ0n) is 19.6. The number of hydrogen-bond acceptors (Lipinski definition) is 7. The van der Waals surface area contributed by atoms with E-state index in [1.165, 1.54) is 22.9 Å². The molecule has 2 fully saturated rings. The molecule has 2 aromatic rings. The monoisotopic (exact) mass is 498 g/mol. The Balaban J connectivity index is 1.18. The zero-order valence-corrected chi connectivity index (χ0v) is 20.5. The van der Waals surface area contributed by atoms with Crippen LogP contribution in [-0.2, 0) is 16.9 Å². The number of likely N-dealkylation sites (tertiary alicyclic amines) is 1. The number of nitrogens with two attached hydrogens (primary N) is 1. The van der Waals surface area contributed by atoms with Crippen LogP contribution >= 0.6 is 11.8 Å². The summed E-state index contributed by atoms with van der Waals surface area (Å²) in [5.41, 5.74) is 5.73. The van der Waals surface area contributed by atoms with Crippen LogP contribution < -0.4 is 16.6 Å². The van der Waals surface area contributed by atoms with Gasteiger partial charge in [-0.1, -0.05) is 6.58 Å². The Bertz CT molecular complexity index is 1270. The van der Waals surface area contributed by atoms with Crippen molar-refractivity contribution in [1.29, 1.82) is 0 Å². The summed E-state index contributed by atoms with van der Waals surface area (Å²) in [6.45, 7) is 7.42. The average molecular weight is 499 g/mol. The highest BCUT2D eigenvalue weighted by atomic mass is 32.2. The number of ether oxygens (including phenoxy) is 1. The lowest BCUT2D eigenvalue weighted by atomic mass is 9.92. The van der Waals surface area contributed by atoms with E-state index in [-0.39, 0.29) is 17.7 Å². The number of thioether (sulfide) groups is 1. The Hall–Kier alpha value is -2.59. The Labute approximate surface area is 208 Å². The first kappa shape index (κ1) is 24.1. The number of halogens is 1. The Morgan fingerprint density at radius 2 is 2.11 bits per heavy atom. The smallest absolute Gasteiger partial charge is 0.251 e. The molecule has 35 heavy (non-hydrogen) atoms. The molecule has 4 heterocycles. The predicted molar refractivity (Wildman–Crippen MR) is 137 cm³/mol. The maximum atomic E-state index is 14.9. The van der Waals surface area contributed by atoms with E-state index >= 15 is 0 Å². The summed E-state index contributed by atoms with van der Waals surface area (Å²) in [5.74, 6) is 1.14. The van der Waals surface area contributed by atoms with Gasteiger partial charge >= 0.3 is 0 Å². The van der Waals surface area contributed by atoms with Crippen LogP contribution in [-0.4, -0.2) is 59.2 Å². The second kappa shape index (κ2) is 9.81. The molecule has 3 aliphatic heterocycles. The fraction of sp³-hybridized carbons (Fsp3) is 0.423. The van der Waals surface area contributed by atoms with Gasteiger partial charge in [-0.25, -0.2) is 4.39 Å². The Morgan fingerprint density at radius 1 is 1.34 bits per heavy atom. The maximum Gasteiger partial charge on any atom is 0.251 e. The fourth-order valence-corrected chi connectivity index (χ4v) is 6.21. The SMILES string of the molecule is C=C(/C=C1/SCCO/C1=C/N)CNC1CCN(CC2(O)Cn3c(=O)ccc4ccc(F)c2c43)CC1. The van der Waals surface area contributed by atoms with Gasteiger partial charge < -0.3 is 25.5 Å². The van der Waals surface area contributed by atoms with Crippen LogP contribution in [0.2, 0.25) is 0 Å². The highest BCUT2D eigenvalue weighted by Crippen LogP contribution is 2.38. The van der Waals surface area contributed by atoms with Crippen molar-refractivity contribution in [3.05, 3.63) is 81.1 Å². The van der Waals surface area contributed by atoms with Crippen LogP contribution in [0.25, 0.3) is 10.9 Å². The van der Waals surface area contributed by atoms with Gasteiger partial charge in [0.15, 0.2) is 0 Å². The quantitative estimate of drug-likeness (QED) is 0.563. The van der Waals surface area contributed by atoms with Crippen LogP contribution in [0.3, 0.4) is 0 Å². The number of aliphatic hydroxyl groups is 1. The van der Waals surface area contributed by atoms with Gasteiger partial charge in [-0.15, -0.1) is 11.8 Å². The first-order valence-electron chi connectivity index (χ1n) is 12.0. The zero-order chi connectivity index (χ0) is 24.6. The number of benzene rings is 1. The van der Waals surface area contributed by atoms with E-state index in [0.29, 0.717) is 37.0 Å². The normalized spacial score (nSPS) is 25.4. The molecular formula is C26H31FN4O3S. The third-order valence-electron chi connectivity index (χ3n) is 7.00. The number of β-amino-alcohol motifs (C(OH)–C–C–N with tert-alkyl or cyclic N) is 1. The van der Waals surface area contributed by atoms with Crippen molar-refractivity contribution in [2.45, 2.75) is 31.0 Å². The van der Waals surface area contributed by atoms with E-state index < -0.39 is 11.4 Å². The molecule has 1 aromatic carbocycles. The lowest BCUT2D eigenvalue weighted by Gasteiger charge is -2.37. The standard InChI is InChI=1S/C26H31FN4O3S/c1-17(12-22-21(13-28)34-10-11-35-22)14-29-19-6-8-30(9-7-19)15-26(33)16-31-23(32)5-3-18-2-4-20(27)24(26)25(18)31/h2-5,12-13,19,29,33H,1,6-11,14-16,28H2/b21-13+,22-12+. The van der Waals surface area contributed by atoms with Crippen LogP contribution in [0.4, 0.5) is 4.39 Å². The van der Waals surface area contributed by atoms with Crippen molar-refractivity contribution < 1.29 is 14.2 Å². The molecule has 186 valence electrons. The van der Waals surface area contributed by atoms with E-state index in [4.69, 9.17) is 10.5 Å². The maximum absolute atomic E-state index is 14.9. The first-order valence-corrected chi connectivity index (χ1v) is 12.9. The number of rotatable bonds is 6. The molecule has 0 radical (unpaired) electrons. The van der Waals surface area contributed by atoms with Crippen molar-refractivity contribution in [3.63, 3.8) is 0 Å². The molecular weight excluding hydrogens is 467 g/mol. The Kier molecular flexibility index (Phi) is 6.76. The van der Waals surface area contributed by atoms with Gasteiger partial charge in [0.05, 0.1) is 23.6 Å². The topological polar surface area (TPSA) is 92.8 Å². The molecule has 0 spiro atoms. The highest BCUT2D eigenvalue weighted by molar-refractivity contribution is 8.03. The van der Waals surface area contributed by atoms with Crippen molar-refractivity contribution >= 4 is 22.7 Å². The molecule has 0 saturated carbocycles. The van der Waals surface area contributed by atoms with Gasteiger partial charge in [0.1, 0.15) is 17.2 Å². The number of hydrogen-bond donors (Lipinski definition) is 3. The molecule has 0 amide bonds. The molecule has 2 saturated heterocycles. The number of pyridine rings is 1. The summed E-state index contributed by atoms with van der Waals surface area (Å²) in [6.07, 6.45) is 5.33. The number of piperidine rings is 1. The van der Waals surface area contributed by atoms with Gasteiger partial charge in [0, 0.05) is 42.7 Å². The third-order valence-corrected chi connectivity index (χ3v) is 8.00. The molecule has 1 atom stereocenters. The molecule has 5 rings (SSSR count). The fourth-order valence-electron chi connectivity index (χ4n) is 5.30. The Morgan fingerprint density at radius 3 is 2.89 bits per heavy atom. The summed E-state index contributed by atoms with van der Waals surface area (Å²) < 4.78 is 21.9. The molecule has 1 aromatic heterocycles. The number of nitrogens with one attached hydrogen (secondary N) is 1. The molecule has 0 aliphatic carbocycles. The van der Waals surface area contributed by atoms with E-state index in [0.717, 1.165) is 47.5 Å². The predicted octanol–water partition coefficient (Wildman–Crippen LogP) is 2.40. The van der Waals surface area contributed by atoms with E-state index in [9.17, 15) is 14.3 Å². The van der Waals surface area contributed by atoms with Crippen LogP contribution in [0.1, 0.15) is 18.4 Å². The van der Waals surface area contributed by atoms with E-state index in [2.05, 4.69) is 16.8 Å². The van der Waals surface area contributed by atoms with E-state index in [1.54, 1.807) is 23.9 Å². The van der Waals surface area contributed by atoms with Crippen molar-refractivity contribution in [1.82, 2.24) is 14.8 Å². The first-order chi connectivity index (χ1) is 16.9. The molecule has 7 nitrogen and oxygen atoms in total. The summed E-state index contributed by atoms with van der Waals surface area (Å²) >= 11 is 1.72. The van der Waals surface area contributed by atoms with Crippen molar-refractivity contribution in [2.75, 3.05) is 38.5 Å². The number of nitrogens with zero attached hydrogens (tertiary/aromatic N) is 2. The van der Waals surface area contributed by atoms with Gasteiger partial charge in [0.25, 0.3) is 5.56 Å². The van der Waals surface area contributed by atoms with Crippen LogP contribution in [0.15, 0.2) is 64.2 Å². The van der Waals surface area contributed by atoms with Crippen molar-refractivity contribution in [2.24, 2.45) is 5.73 Å². The van der Waals surface area contributed by atoms with Crippen molar-refractivity contribution in [3.8, 4) is 0 Å². The molecule has 1 unspecified atom stereocenters. The molecule has 9 heteroatoms. The molecule has 4 N–H and O–H groups in total. The minimum absolute atomic E-state index is 0.0765. The minimum Gasteiger partial charge on any atom is -0.490 e. The summed E-state index contributed by atoms with van der Waals surface area (Å²) in [5, 5.41) is 15.9. The van der Waals surface area contributed by atoms with Gasteiger partial charge in [0.2, 0.25) is 0 Å². The number of aromatic nitrogens is 1. The largest absolute Gasteiger partial charge is 0.490 e. The van der Waals surface area contributed by atoms with Gasteiger partial charge in [-0.05, 0) is 61.2 Å². The molecule has 3 aliphatic rings. The van der Waals surface area contributed by atoms with Crippen LogP contribution in [0, 0.1) is 5.82 Å². The minimum atomic E-state index is -1.42. The van der Waals surface area contributed by atoms with E-state index in [1.807, 2.05) is 6.08 Å². The second-order valence-electron chi connectivity index (χ2n) is 9.48. The summed E-state index contributed by atoms with van der Waals surface area (Å²) in [4.78, 5) is 15.6. The third kappa shape index (κ3) is 4.78. The van der Waals surface area contributed by atoms with Gasteiger partial charge in [-0.3, -0.25) is 9.69 Å². The second-order valence-corrected chi connectivity index (χ2v) is 10.6. The lowest BCUT2D eigenvalue weighted by molar-refractivity contribution is -0.0158. The lowest BCUT2D eigenvalue weighted by Crippen LogP contribution is -2.48. The highest BCUT2D eigenvalue weighted by Gasteiger charge is 2.42. The average Bonchev–Trinajstić information content (AvgIpc) is 3.17. The van der Waals surface area contributed by atoms with Crippen LogP contribution in [0.5, 0.6) is 0 Å².